The van der Waals surface area contributed by atoms with Crippen LogP contribution in [-0.2, 0) is 4.79 Å². The fourth-order valence-corrected chi connectivity index (χ4v) is 3.27. The highest BCUT2D eigenvalue weighted by Gasteiger charge is 2.33. The van der Waals surface area contributed by atoms with E-state index in [0.29, 0.717) is 17.3 Å². The molecular formula is C19H15F2N3O2. The molecule has 1 atom stereocenters. The summed E-state index contributed by atoms with van der Waals surface area (Å²) in [5.74, 6) is -0.779. The third kappa shape index (κ3) is 2.61. The van der Waals surface area contributed by atoms with E-state index in [4.69, 9.17) is 4.74 Å². The van der Waals surface area contributed by atoms with Crippen molar-refractivity contribution in [2.45, 2.75) is 12.3 Å². The number of rotatable bonds is 3. The van der Waals surface area contributed by atoms with E-state index in [-0.39, 0.29) is 23.9 Å². The summed E-state index contributed by atoms with van der Waals surface area (Å²) in [6.07, 6.45) is 1.58. The van der Waals surface area contributed by atoms with Gasteiger partial charge in [0.25, 0.3) is 0 Å². The second-order valence-corrected chi connectivity index (χ2v) is 5.99. The van der Waals surface area contributed by atoms with Crippen molar-refractivity contribution in [1.29, 1.82) is 0 Å². The van der Waals surface area contributed by atoms with Gasteiger partial charge in [-0.05, 0) is 18.2 Å². The van der Waals surface area contributed by atoms with Gasteiger partial charge in [0, 0.05) is 24.0 Å². The van der Waals surface area contributed by atoms with Gasteiger partial charge >= 0.3 is 0 Å². The second-order valence-electron chi connectivity index (χ2n) is 5.99. The van der Waals surface area contributed by atoms with E-state index in [0.717, 1.165) is 23.8 Å². The van der Waals surface area contributed by atoms with E-state index in [2.05, 4.69) is 10.3 Å². The number of imidazole rings is 1. The molecule has 2 aromatic carbocycles. The fraction of sp³-hybridized carbons (Fsp3) is 0.158. The first kappa shape index (κ1) is 16.3. The summed E-state index contributed by atoms with van der Waals surface area (Å²) in [6.45, 7) is 0. The number of benzene rings is 2. The molecule has 1 aromatic heterocycles. The van der Waals surface area contributed by atoms with E-state index >= 15 is 0 Å². The molecule has 0 fully saturated rings. The molecule has 1 aliphatic rings. The highest BCUT2D eigenvalue weighted by atomic mass is 19.1. The van der Waals surface area contributed by atoms with Crippen molar-refractivity contribution in [1.82, 2.24) is 9.55 Å². The van der Waals surface area contributed by atoms with Crippen molar-refractivity contribution in [3.63, 3.8) is 0 Å². The Morgan fingerprint density at radius 1 is 1.23 bits per heavy atom. The number of carbonyl (C=O) groups excluding carboxylic acids is 1. The van der Waals surface area contributed by atoms with Crippen LogP contribution in [0.4, 0.5) is 14.6 Å². The Morgan fingerprint density at radius 3 is 2.85 bits per heavy atom. The minimum absolute atomic E-state index is 0.0141. The van der Waals surface area contributed by atoms with Crippen LogP contribution in [-0.4, -0.2) is 22.6 Å². The SMILES string of the molecule is COc1ccccc1C1CC(=O)Nc2c1ncn2-c1cc(F)ccc1F. The van der Waals surface area contributed by atoms with Crippen molar-refractivity contribution >= 4 is 11.7 Å². The number of nitrogens with zero attached hydrogens (tertiary/aromatic N) is 2. The summed E-state index contributed by atoms with van der Waals surface area (Å²) in [6, 6.07) is 10.5. The fourth-order valence-electron chi connectivity index (χ4n) is 3.27. The molecule has 3 aromatic rings. The van der Waals surface area contributed by atoms with Gasteiger partial charge in [-0.1, -0.05) is 18.2 Å². The molecule has 0 saturated carbocycles. The Kier molecular flexibility index (Phi) is 3.91. The molecule has 0 spiro atoms. The molecule has 0 radical (unpaired) electrons. The van der Waals surface area contributed by atoms with E-state index in [1.807, 2.05) is 24.3 Å². The Bertz CT molecular complexity index is 1000. The lowest BCUT2D eigenvalue weighted by Crippen LogP contribution is -2.25. The predicted molar refractivity (Wildman–Crippen MR) is 91.6 cm³/mol. The standard InChI is InChI=1S/C19H15F2N3O2/c1-26-16-5-3-2-4-12(16)13-9-17(25)23-19-18(13)22-10-24(19)15-8-11(20)6-7-14(15)21/h2-8,10,13H,9H2,1H3,(H,23,25). The maximum absolute atomic E-state index is 14.2. The highest BCUT2D eigenvalue weighted by molar-refractivity contribution is 5.94. The van der Waals surface area contributed by atoms with Gasteiger partial charge in [-0.3, -0.25) is 9.36 Å². The third-order valence-corrected chi connectivity index (χ3v) is 4.46. The van der Waals surface area contributed by atoms with Gasteiger partial charge < -0.3 is 10.1 Å². The maximum Gasteiger partial charge on any atom is 0.226 e. The monoisotopic (exact) mass is 355 g/mol. The summed E-state index contributed by atoms with van der Waals surface area (Å²) in [5.41, 5.74) is 1.38. The molecule has 5 nitrogen and oxygen atoms in total. The molecule has 0 aliphatic carbocycles. The summed E-state index contributed by atoms with van der Waals surface area (Å²) >= 11 is 0. The molecule has 4 rings (SSSR count). The van der Waals surface area contributed by atoms with Crippen LogP contribution in [0.25, 0.3) is 5.69 Å². The molecule has 1 N–H and O–H groups in total. The minimum Gasteiger partial charge on any atom is -0.496 e. The number of methoxy groups -OCH3 is 1. The molecular weight excluding hydrogens is 340 g/mol. The number of halogens is 2. The molecule has 2 heterocycles. The van der Waals surface area contributed by atoms with Crippen molar-refractivity contribution in [3.05, 3.63) is 71.7 Å². The lowest BCUT2D eigenvalue weighted by Gasteiger charge is -2.24. The smallest absolute Gasteiger partial charge is 0.226 e. The van der Waals surface area contributed by atoms with Crippen LogP contribution >= 0.6 is 0 Å². The average Bonchev–Trinajstić information content (AvgIpc) is 3.06. The van der Waals surface area contributed by atoms with Crippen molar-refractivity contribution < 1.29 is 18.3 Å². The third-order valence-electron chi connectivity index (χ3n) is 4.46. The van der Waals surface area contributed by atoms with Crippen molar-refractivity contribution in [2.24, 2.45) is 0 Å². The zero-order valence-corrected chi connectivity index (χ0v) is 13.9. The van der Waals surface area contributed by atoms with Gasteiger partial charge in [-0.15, -0.1) is 0 Å². The number of anilines is 1. The largest absolute Gasteiger partial charge is 0.496 e. The summed E-state index contributed by atoms with van der Waals surface area (Å²) in [5, 5.41) is 2.72. The lowest BCUT2D eigenvalue weighted by molar-refractivity contribution is -0.116. The zero-order chi connectivity index (χ0) is 18.3. The van der Waals surface area contributed by atoms with Crippen LogP contribution in [0.1, 0.15) is 23.6 Å². The second kappa shape index (κ2) is 6.25. The molecule has 0 bridgehead atoms. The summed E-state index contributed by atoms with van der Waals surface area (Å²) in [7, 11) is 1.56. The first-order valence-corrected chi connectivity index (χ1v) is 8.04. The molecule has 1 amide bonds. The summed E-state index contributed by atoms with van der Waals surface area (Å²) < 4.78 is 34.5. The minimum atomic E-state index is -0.611. The molecule has 1 aliphatic heterocycles. The topological polar surface area (TPSA) is 56.1 Å². The number of hydrogen-bond donors (Lipinski definition) is 1. The summed E-state index contributed by atoms with van der Waals surface area (Å²) in [4.78, 5) is 16.7. The van der Waals surface area contributed by atoms with Gasteiger partial charge in [0.05, 0.1) is 18.5 Å². The number of ether oxygens (including phenoxy) is 1. The van der Waals surface area contributed by atoms with Gasteiger partial charge in [-0.2, -0.15) is 0 Å². The quantitative estimate of drug-likeness (QED) is 0.781. The molecule has 1 unspecified atom stereocenters. The van der Waals surface area contributed by atoms with Crippen molar-refractivity contribution in [3.8, 4) is 11.4 Å². The molecule has 132 valence electrons. The number of hydrogen-bond acceptors (Lipinski definition) is 3. The highest BCUT2D eigenvalue weighted by Crippen LogP contribution is 2.40. The van der Waals surface area contributed by atoms with Crippen LogP contribution < -0.4 is 10.1 Å². The number of para-hydroxylation sites is 1. The number of nitrogens with one attached hydrogen (secondary N) is 1. The van der Waals surface area contributed by atoms with Crippen LogP contribution in [0.5, 0.6) is 5.75 Å². The Hall–Kier alpha value is -3.22. The van der Waals surface area contributed by atoms with E-state index in [1.165, 1.54) is 10.9 Å². The molecule has 0 saturated heterocycles. The number of amides is 1. The Balaban J connectivity index is 1.87. The van der Waals surface area contributed by atoms with Crippen LogP contribution in [0.2, 0.25) is 0 Å². The number of carbonyl (C=O) groups is 1. The average molecular weight is 355 g/mol. The van der Waals surface area contributed by atoms with Gasteiger partial charge in [0.15, 0.2) is 0 Å². The normalized spacial score (nSPS) is 16.1. The van der Waals surface area contributed by atoms with Crippen LogP contribution in [0, 0.1) is 11.6 Å². The van der Waals surface area contributed by atoms with E-state index in [9.17, 15) is 13.6 Å². The van der Waals surface area contributed by atoms with Gasteiger partial charge in [-0.25, -0.2) is 13.8 Å². The van der Waals surface area contributed by atoms with Gasteiger partial charge in [0.2, 0.25) is 5.91 Å². The predicted octanol–water partition coefficient (Wildman–Crippen LogP) is 3.63. The zero-order valence-electron chi connectivity index (χ0n) is 13.9. The van der Waals surface area contributed by atoms with E-state index in [1.54, 1.807) is 7.11 Å². The molecule has 7 heteroatoms. The Morgan fingerprint density at radius 2 is 2.04 bits per heavy atom. The lowest BCUT2D eigenvalue weighted by atomic mass is 9.89. The maximum atomic E-state index is 14.2. The first-order chi connectivity index (χ1) is 12.6. The molecule has 26 heavy (non-hydrogen) atoms. The first-order valence-electron chi connectivity index (χ1n) is 8.04. The van der Waals surface area contributed by atoms with Crippen LogP contribution in [0.15, 0.2) is 48.8 Å². The number of aromatic nitrogens is 2. The van der Waals surface area contributed by atoms with Crippen molar-refractivity contribution in [2.75, 3.05) is 12.4 Å². The Labute approximate surface area is 148 Å². The van der Waals surface area contributed by atoms with E-state index < -0.39 is 11.6 Å². The van der Waals surface area contributed by atoms with Crippen LogP contribution in [0.3, 0.4) is 0 Å². The number of fused-ring (bicyclic) bond motifs is 1. The van der Waals surface area contributed by atoms with Gasteiger partial charge in [0.1, 0.15) is 29.5 Å².